The first-order valence-electron chi connectivity index (χ1n) is 3.85. The SMILES string of the molecule is CC1CCC(C)N1NC(=O)Cl. The first kappa shape index (κ1) is 8.81. The van der Waals surface area contributed by atoms with Crippen LogP contribution >= 0.6 is 11.6 Å². The lowest BCUT2D eigenvalue weighted by atomic mass is 10.2. The van der Waals surface area contributed by atoms with Crippen LogP contribution in [0.4, 0.5) is 4.79 Å². The van der Waals surface area contributed by atoms with E-state index in [1.807, 2.05) is 5.01 Å². The van der Waals surface area contributed by atoms with Gasteiger partial charge in [-0.15, -0.1) is 0 Å². The van der Waals surface area contributed by atoms with Crippen LogP contribution in [-0.4, -0.2) is 22.5 Å². The second-order valence-electron chi connectivity index (χ2n) is 3.07. The molecule has 64 valence electrons. The molecule has 1 saturated heterocycles. The number of halogens is 1. The summed E-state index contributed by atoms with van der Waals surface area (Å²) in [4.78, 5) is 10.5. The normalized spacial score (nSPS) is 32.3. The molecule has 1 aliphatic heterocycles. The van der Waals surface area contributed by atoms with Crippen molar-refractivity contribution >= 4 is 17.0 Å². The maximum atomic E-state index is 10.5. The van der Waals surface area contributed by atoms with E-state index in [0.29, 0.717) is 12.1 Å². The molecule has 0 aromatic heterocycles. The van der Waals surface area contributed by atoms with Crippen molar-refractivity contribution in [3.8, 4) is 0 Å². The lowest BCUT2D eigenvalue weighted by molar-refractivity contribution is 0.151. The molecule has 11 heavy (non-hydrogen) atoms. The molecule has 1 amide bonds. The van der Waals surface area contributed by atoms with Crippen LogP contribution in [0, 0.1) is 0 Å². The maximum Gasteiger partial charge on any atom is 0.328 e. The van der Waals surface area contributed by atoms with Gasteiger partial charge in [0.05, 0.1) is 0 Å². The average molecular weight is 177 g/mol. The highest BCUT2D eigenvalue weighted by Crippen LogP contribution is 2.20. The number of carbonyl (C=O) groups is 1. The van der Waals surface area contributed by atoms with Crippen molar-refractivity contribution in [3.63, 3.8) is 0 Å². The number of amides is 1. The molecule has 1 heterocycles. The summed E-state index contributed by atoms with van der Waals surface area (Å²) in [7, 11) is 0. The first-order chi connectivity index (χ1) is 5.11. The summed E-state index contributed by atoms with van der Waals surface area (Å²) in [5.41, 5.74) is 2.60. The van der Waals surface area contributed by atoms with Crippen LogP contribution in [0.25, 0.3) is 0 Å². The van der Waals surface area contributed by atoms with E-state index in [1.165, 1.54) is 0 Å². The third-order valence-corrected chi connectivity index (χ3v) is 2.25. The molecular formula is C7H13ClN2O. The van der Waals surface area contributed by atoms with Crippen molar-refractivity contribution in [2.45, 2.75) is 38.8 Å². The van der Waals surface area contributed by atoms with Gasteiger partial charge in [0.1, 0.15) is 0 Å². The van der Waals surface area contributed by atoms with Gasteiger partial charge in [-0.2, -0.15) is 0 Å². The predicted octanol–water partition coefficient (Wildman–Crippen LogP) is 1.72. The van der Waals surface area contributed by atoms with Crippen LogP contribution in [0.1, 0.15) is 26.7 Å². The van der Waals surface area contributed by atoms with Gasteiger partial charge in [-0.1, -0.05) is 0 Å². The largest absolute Gasteiger partial charge is 0.328 e. The van der Waals surface area contributed by atoms with Crippen molar-refractivity contribution in [3.05, 3.63) is 0 Å². The number of nitrogens with one attached hydrogen (secondary N) is 1. The van der Waals surface area contributed by atoms with Crippen molar-refractivity contribution in [2.24, 2.45) is 0 Å². The quantitative estimate of drug-likeness (QED) is 0.488. The Morgan fingerprint density at radius 3 is 2.27 bits per heavy atom. The summed E-state index contributed by atoms with van der Waals surface area (Å²) < 4.78 is 0. The summed E-state index contributed by atoms with van der Waals surface area (Å²) >= 11 is 5.20. The Hall–Kier alpha value is -0.280. The molecule has 1 fully saturated rings. The smallest absolute Gasteiger partial charge is 0.275 e. The zero-order valence-electron chi connectivity index (χ0n) is 6.80. The van der Waals surface area contributed by atoms with Crippen LogP contribution in [0.2, 0.25) is 0 Å². The van der Waals surface area contributed by atoms with Gasteiger partial charge in [-0.05, 0) is 38.3 Å². The fraction of sp³-hybridized carbons (Fsp3) is 0.857. The molecule has 3 nitrogen and oxygen atoms in total. The van der Waals surface area contributed by atoms with Gasteiger partial charge in [0.25, 0.3) is 0 Å². The molecule has 0 radical (unpaired) electrons. The zero-order chi connectivity index (χ0) is 8.43. The number of hydrogen-bond acceptors (Lipinski definition) is 2. The number of carbonyl (C=O) groups excluding carboxylic acids is 1. The van der Waals surface area contributed by atoms with Gasteiger partial charge in [0.2, 0.25) is 0 Å². The van der Waals surface area contributed by atoms with E-state index in [0.717, 1.165) is 12.8 Å². The van der Waals surface area contributed by atoms with Crippen LogP contribution in [0.5, 0.6) is 0 Å². The molecular weight excluding hydrogens is 164 g/mol. The molecule has 0 spiro atoms. The highest BCUT2D eigenvalue weighted by molar-refractivity contribution is 6.62. The van der Waals surface area contributed by atoms with Gasteiger partial charge in [0.15, 0.2) is 0 Å². The zero-order valence-corrected chi connectivity index (χ0v) is 7.56. The minimum atomic E-state index is -0.495. The molecule has 0 saturated carbocycles. The summed E-state index contributed by atoms with van der Waals surface area (Å²) in [5, 5.41) is 1.42. The molecule has 2 atom stereocenters. The second-order valence-corrected chi connectivity index (χ2v) is 3.41. The minimum absolute atomic E-state index is 0.410. The van der Waals surface area contributed by atoms with Gasteiger partial charge >= 0.3 is 5.37 Å². The Morgan fingerprint density at radius 1 is 1.45 bits per heavy atom. The molecule has 4 heteroatoms. The van der Waals surface area contributed by atoms with E-state index in [9.17, 15) is 4.79 Å². The van der Waals surface area contributed by atoms with Gasteiger partial charge in [-0.25, -0.2) is 5.01 Å². The van der Waals surface area contributed by atoms with Crippen molar-refractivity contribution in [2.75, 3.05) is 0 Å². The highest BCUT2D eigenvalue weighted by atomic mass is 35.5. The summed E-state index contributed by atoms with van der Waals surface area (Å²) in [5.74, 6) is 0. The fourth-order valence-electron chi connectivity index (χ4n) is 1.52. The van der Waals surface area contributed by atoms with E-state index in [2.05, 4.69) is 19.3 Å². The van der Waals surface area contributed by atoms with Crippen LogP contribution in [0.15, 0.2) is 0 Å². The number of hydrogen-bond donors (Lipinski definition) is 1. The standard InChI is InChI=1S/C7H13ClN2O/c1-5-3-4-6(2)10(5)9-7(8)11/h5-6H,3-4H2,1-2H3,(H,9,11). The van der Waals surface area contributed by atoms with Crippen molar-refractivity contribution < 1.29 is 4.79 Å². The lowest BCUT2D eigenvalue weighted by Gasteiger charge is -2.24. The fourth-order valence-corrected chi connectivity index (χ4v) is 1.61. The Morgan fingerprint density at radius 2 is 1.91 bits per heavy atom. The third kappa shape index (κ3) is 2.07. The Bertz CT molecular complexity index is 153. The van der Waals surface area contributed by atoms with Gasteiger partial charge in [0, 0.05) is 12.1 Å². The molecule has 1 aliphatic rings. The monoisotopic (exact) mass is 176 g/mol. The van der Waals surface area contributed by atoms with Gasteiger partial charge in [-0.3, -0.25) is 10.2 Å². The average Bonchev–Trinajstić information content (AvgIpc) is 2.18. The predicted molar refractivity (Wildman–Crippen MR) is 44.4 cm³/mol. The first-order valence-corrected chi connectivity index (χ1v) is 4.23. The summed E-state index contributed by atoms with van der Waals surface area (Å²) in [6, 6.07) is 0.820. The lowest BCUT2D eigenvalue weighted by Crippen LogP contribution is -2.45. The molecule has 0 aromatic rings. The maximum absolute atomic E-state index is 10.5. The Labute approximate surface area is 71.7 Å². The second kappa shape index (κ2) is 3.41. The molecule has 1 N–H and O–H groups in total. The molecule has 1 rings (SSSR count). The molecule has 0 bridgehead atoms. The van der Waals surface area contributed by atoms with Crippen molar-refractivity contribution in [1.29, 1.82) is 0 Å². The molecule has 2 unspecified atom stereocenters. The van der Waals surface area contributed by atoms with E-state index in [1.54, 1.807) is 0 Å². The van der Waals surface area contributed by atoms with Gasteiger partial charge < -0.3 is 0 Å². The highest BCUT2D eigenvalue weighted by Gasteiger charge is 2.27. The topological polar surface area (TPSA) is 32.3 Å². The van der Waals surface area contributed by atoms with E-state index in [-0.39, 0.29) is 0 Å². The van der Waals surface area contributed by atoms with Crippen molar-refractivity contribution in [1.82, 2.24) is 10.4 Å². The summed E-state index contributed by atoms with van der Waals surface area (Å²) in [6.45, 7) is 4.16. The number of nitrogens with zero attached hydrogens (tertiary/aromatic N) is 1. The Kier molecular flexibility index (Phi) is 2.73. The molecule has 0 aliphatic carbocycles. The summed E-state index contributed by atoms with van der Waals surface area (Å²) in [6.07, 6.45) is 2.25. The number of hydrazine groups is 1. The van der Waals surface area contributed by atoms with Crippen LogP contribution in [-0.2, 0) is 0 Å². The molecule has 0 aromatic carbocycles. The van der Waals surface area contributed by atoms with E-state index in [4.69, 9.17) is 11.6 Å². The minimum Gasteiger partial charge on any atom is -0.275 e. The number of rotatable bonds is 1. The van der Waals surface area contributed by atoms with Crippen LogP contribution in [0.3, 0.4) is 0 Å². The third-order valence-electron chi connectivity index (χ3n) is 2.17. The van der Waals surface area contributed by atoms with E-state index < -0.39 is 5.37 Å². The van der Waals surface area contributed by atoms with E-state index >= 15 is 0 Å². The van der Waals surface area contributed by atoms with Crippen LogP contribution < -0.4 is 5.43 Å². The Balaban J connectivity index is 2.47.